The summed E-state index contributed by atoms with van der Waals surface area (Å²) in [6, 6.07) is 5.08. The first-order chi connectivity index (χ1) is 12.1. The summed E-state index contributed by atoms with van der Waals surface area (Å²) in [5, 5.41) is 3.37. The molecule has 0 aromatic carbocycles. The Balaban J connectivity index is 1.87. The molecule has 0 amide bonds. The maximum Gasteiger partial charge on any atom is 0.210 e. The smallest absolute Gasteiger partial charge is 0.210 e. The predicted molar refractivity (Wildman–Crippen MR) is 95.8 cm³/mol. The highest BCUT2D eigenvalue weighted by Gasteiger charge is 2.24. The van der Waals surface area contributed by atoms with Crippen LogP contribution in [0.3, 0.4) is 0 Å². The molecule has 3 aromatic rings. The Morgan fingerprint density at radius 2 is 2.12 bits per heavy atom. The Labute approximate surface area is 145 Å². The minimum atomic E-state index is -3.66. The largest absolute Gasteiger partial charge is 0.358 e. The molecule has 0 radical (unpaired) electrons. The minimum absolute atomic E-state index is 0.174. The molecule has 7 heteroatoms. The normalized spacial score (nSPS) is 18.3. The number of hydrogen-bond donors (Lipinski definition) is 2. The summed E-state index contributed by atoms with van der Waals surface area (Å²) in [6.45, 7) is 2.93. The molecule has 1 atom stereocenters. The molecule has 25 heavy (non-hydrogen) atoms. The number of sulfone groups is 1. The summed E-state index contributed by atoms with van der Waals surface area (Å²) in [6.07, 6.45) is 9.33. The average molecular weight is 354 g/mol. The standard InChI is InChI=1S/C18H18N4O2S/c1-12-9-13(4-7-20-12)15-11-22-18-16(5-8-21-17(15)18)25(23,24)14-3-2-6-19-10-14/h2-6,8,10-12,20,22H,7,9H2,1H3. The van der Waals surface area contributed by atoms with E-state index in [1.807, 2.05) is 6.20 Å². The number of pyridine rings is 2. The van der Waals surface area contributed by atoms with E-state index in [1.165, 1.54) is 17.8 Å². The van der Waals surface area contributed by atoms with Gasteiger partial charge in [-0.2, -0.15) is 0 Å². The van der Waals surface area contributed by atoms with Crippen molar-refractivity contribution in [2.45, 2.75) is 29.2 Å². The van der Waals surface area contributed by atoms with Gasteiger partial charge >= 0.3 is 0 Å². The van der Waals surface area contributed by atoms with E-state index in [1.54, 1.807) is 24.5 Å². The third-order valence-electron chi connectivity index (χ3n) is 4.45. The molecule has 6 nitrogen and oxygen atoms in total. The highest BCUT2D eigenvalue weighted by molar-refractivity contribution is 7.91. The average Bonchev–Trinajstić information content (AvgIpc) is 3.06. The zero-order chi connectivity index (χ0) is 17.4. The first-order valence-corrected chi connectivity index (χ1v) is 9.59. The molecule has 1 aliphatic rings. The second kappa shape index (κ2) is 6.09. The highest BCUT2D eigenvalue weighted by atomic mass is 32.2. The fourth-order valence-corrected chi connectivity index (χ4v) is 4.57. The summed E-state index contributed by atoms with van der Waals surface area (Å²) in [5.74, 6) is 0. The van der Waals surface area contributed by atoms with E-state index in [0.717, 1.165) is 18.5 Å². The van der Waals surface area contributed by atoms with Crippen LogP contribution in [0.2, 0.25) is 0 Å². The Hall–Kier alpha value is -2.51. The van der Waals surface area contributed by atoms with Crippen LogP contribution in [0, 0.1) is 0 Å². The molecule has 4 rings (SSSR count). The van der Waals surface area contributed by atoms with E-state index in [9.17, 15) is 8.42 Å². The lowest BCUT2D eigenvalue weighted by Gasteiger charge is -2.20. The summed E-state index contributed by atoms with van der Waals surface area (Å²) in [7, 11) is -3.66. The molecule has 2 N–H and O–H groups in total. The fraction of sp³-hybridized carbons (Fsp3) is 0.222. The lowest BCUT2D eigenvalue weighted by Crippen LogP contribution is -2.29. The van der Waals surface area contributed by atoms with Gasteiger partial charge in [0.05, 0.1) is 20.8 Å². The Bertz CT molecular complexity index is 1060. The zero-order valence-corrected chi connectivity index (χ0v) is 14.5. The molecule has 1 aliphatic heterocycles. The van der Waals surface area contributed by atoms with Crippen molar-refractivity contribution < 1.29 is 8.42 Å². The van der Waals surface area contributed by atoms with Gasteiger partial charge in [-0.1, -0.05) is 6.08 Å². The monoisotopic (exact) mass is 354 g/mol. The molecule has 0 aliphatic carbocycles. The SMILES string of the molecule is CC1CC(c2c[nH]c3c(S(=O)(=O)c4cccnc4)ccnc23)=CCN1. The molecular formula is C18H18N4O2S. The molecule has 1 unspecified atom stereocenters. The third kappa shape index (κ3) is 2.75. The number of aromatic nitrogens is 3. The van der Waals surface area contributed by atoms with Gasteiger partial charge in [-0.25, -0.2) is 8.42 Å². The molecule has 0 bridgehead atoms. The van der Waals surface area contributed by atoms with Crippen molar-refractivity contribution in [2.24, 2.45) is 0 Å². The molecule has 0 fully saturated rings. The maximum absolute atomic E-state index is 13.0. The summed E-state index contributed by atoms with van der Waals surface area (Å²) >= 11 is 0. The second-order valence-corrected chi connectivity index (χ2v) is 8.09. The summed E-state index contributed by atoms with van der Waals surface area (Å²) < 4.78 is 25.9. The van der Waals surface area contributed by atoms with Crippen molar-refractivity contribution in [3.63, 3.8) is 0 Å². The van der Waals surface area contributed by atoms with Crippen LogP contribution >= 0.6 is 0 Å². The summed E-state index contributed by atoms with van der Waals surface area (Å²) in [4.78, 5) is 11.9. The number of rotatable bonds is 3. The molecular weight excluding hydrogens is 336 g/mol. The molecule has 128 valence electrons. The van der Waals surface area contributed by atoms with E-state index < -0.39 is 9.84 Å². The Kier molecular flexibility index (Phi) is 3.89. The van der Waals surface area contributed by atoms with E-state index in [-0.39, 0.29) is 9.79 Å². The van der Waals surface area contributed by atoms with Crippen molar-refractivity contribution in [3.05, 3.63) is 54.6 Å². The number of nitrogens with one attached hydrogen (secondary N) is 2. The van der Waals surface area contributed by atoms with Gasteiger partial charge in [0.15, 0.2) is 0 Å². The number of nitrogens with zero attached hydrogens (tertiary/aromatic N) is 2. The van der Waals surface area contributed by atoms with Crippen molar-refractivity contribution in [2.75, 3.05) is 6.54 Å². The van der Waals surface area contributed by atoms with E-state index in [4.69, 9.17) is 0 Å². The van der Waals surface area contributed by atoms with Gasteiger partial charge in [0.1, 0.15) is 0 Å². The van der Waals surface area contributed by atoms with Gasteiger partial charge in [-0.15, -0.1) is 0 Å². The lowest BCUT2D eigenvalue weighted by atomic mass is 9.97. The van der Waals surface area contributed by atoms with Crippen molar-refractivity contribution in [1.82, 2.24) is 20.3 Å². The zero-order valence-electron chi connectivity index (χ0n) is 13.7. The van der Waals surface area contributed by atoms with Crippen LogP contribution in [-0.4, -0.2) is 36.0 Å². The number of H-pyrrole nitrogens is 1. The van der Waals surface area contributed by atoms with Gasteiger partial charge in [0.25, 0.3) is 0 Å². The lowest BCUT2D eigenvalue weighted by molar-refractivity contribution is 0.579. The third-order valence-corrected chi connectivity index (χ3v) is 6.23. The van der Waals surface area contributed by atoms with Crippen molar-refractivity contribution >= 4 is 26.4 Å². The number of fused-ring (bicyclic) bond motifs is 1. The van der Waals surface area contributed by atoms with Crippen LogP contribution in [0.4, 0.5) is 0 Å². The molecule has 0 saturated heterocycles. The first-order valence-electron chi connectivity index (χ1n) is 8.11. The minimum Gasteiger partial charge on any atom is -0.358 e. The number of hydrogen-bond acceptors (Lipinski definition) is 5. The molecule has 0 spiro atoms. The fourth-order valence-electron chi connectivity index (χ4n) is 3.19. The van der Waals surface area contributed by atoms with Crippen LogP contribution in [0.5, 0.6) is 0 Å². The van der Waals surface area contributed by atoms with Gasteiger partial charge in [-0.3, -0.25) is 9.97 Å². The molecule has 0 saturated carbocycles. The van der Waals surface area contributed by atoms with Crippen molar-refractivity contribution in [3.8, 4) is 0 Å². The molecule has 3 aromatic heterocycles. The van der Waals surface area contributed by atoms with Gasteiger partial charge < -0.3 is 10.3 Å². The second-order valence-electron chi connectivity index (χ2n) is 6.17. The van der Waals surface area contributed by atoms with Gasteiger partial charge in [0.2, 0.25) is 9.84 Å². The Morgan fingerprint density at radius 3 is 2.88 bits per heavy atom. The van der Waals surface area contributed by atoms with E-state index in [0.29, 0.717) is 17.1 Å². The predicted octanol–water partition coefficient (Wildman–Crippen LogP) is 2.56. The van der Waals surface area contributed by atoms with Crippen LogP contribution < -0.4 is 5.32 Å². The maximum atomic E-state index is 13.0. The topological polar surface area (TPSA) is 87.7 Å². The Morgan fingerprint density at radius 1 is 1.24 bits per heavy atom. The van der Waals surface area contributed by atoms with E-state index in [2.05, 4.69) is 33.3 Å². The van der Waals surface area contributed by atoms with Gasteiger partial charge in [-0.05, 0) is 37.1 Å². The summed E-state index contributed by atoms with van der Waals surface area (Å²) in [5.41, 5.74) is 3.37. The highest BCUT2D eigenvalue weighted by Crippen LogP contribution is 2.32. The van der Waals surface area contributed by atoms with Crippen LogP contribution in [0.1, 0.15) is 18.9 Å². The molecule has 4 heterocycles. The van der Waals surface area contributed by atoms with Crippen LogP contribution in [0.15, 0.2) is 58.9 Å². The number of aromatic amines is 1. The van der Waals surface area contributed by atoms with Crippen LogP contribution in [-0.2, 0) is 9.84 Å². The first kappa shape index (κ1) is 16.0. The van der Waals surface area contributed by atoms with Gasteiger partial charge in [0, 0.05) is 42.9 Å². The van der Waals surface area contributed by atoms with Crippen LogP contribution in [0.25, 0.3) is 16.6 Å². The van der Waals surface area contributed by atoms with Crippen molar-refractivity contribution in [1.29, 1.82) is 0 Å². The quantitative estimate of drug-likeness (QED) is 0.755. The van der Waals surface area contributed by atoms with E-state index >= 15 is 0 Å².